The summed E-state index contributed by atoms with van der Waals surface area (Å²) >= 11 is 0. The van der Waals surface area contributed by atoms with Crippen molar-refractivity contribution in [3.8, 4) is 0 Å². The molecule has 15 heavy (non-hydrogen) atoms. The molecule has 2 heterocycles. The molecule has 0 atom stereocenters. The van der Waals surface area contributed by atoms with Crippen molar-refractivity contribution in [3.05, 3.63) is 0 Å². The van der Waals surface area contributed by atoms with Crippen LogP contribution >= 0.6 is 0 Å². The lowest BCUT2D eigenvalue weighted by Crippen LogP contribution is -2.52. The van der Waals surface area contributed by atoms with E-state index in [0.717, 1.165) is 0 Å². The zero-order chi connectivity index (χ0) is 10.9. The zero-order valence-electron chi connectivity index (χ0n) is 8.31. The monoisotopic (exact) mass is 234 g/mol. The number of carbonyl (C=O) groups is 1. The van der Waals surface area contributed by atoms with Crippen molar-refractivity contribution in [1.29, 1.82) is 0 Å². The van der Waals surface area contributed by atoms with Crippen molar-refractivity contribution in [2.45, 2.75) is 6.10 Å². The van der Waals surface area contributed by atoms with Gasteiger partial charge in [-0.05, 0) is 0 Å². The number of amides is 1. The van der Waals surface area contributed by atoms with E-state index in [2.05, 4.69) is 5.32 Å². The van der Waals surface area contributed by atoms with Crippen LogP contribution in [0.4, 0.5) is 4.79 Å². The van der Waals surface area contributed by atoms with Gasteiger partial charge in [-0.25, -0.2) is 13.2 Å². The average Bonchev–Trinajstić information content (AvgIpc) is 2.11. The number of nitrogens with one attached hydrogen (secondary N) is 1. The summed E-state index contributed by atoms with van der Waals surface area (Å²) in [5, 5.41) is 2.99. The van der Waals surface area contributed by atoms with Crippen LogP contribution in [0.3, 0.4) is 0 Å². The molecule has 0 radical (unpaired) electrons. The fourth-order valence-electron chi connectivity index (χ4n) is 1.46. The highest BCUT2D eigenvalue weighted by Crippen LogP contribution is 2.08. The van der Waals surface area contributed by atoms with E-state index in [-0.39, 0.29) is 30.7 Å². The summed E-state index contributed by atoms with van der Waals surface area (Å²) < 4.78 is 27.4. The summed E-state index contributed by atoms with van der Waals surface area (Å²) in [6.45, 7) is 1.89. The van der Waals surface area contributed by atoms with Gasteiger partial charge in [0.15, 0.2) is 9.84 Å². The van der Waals surface area contributed by atoms with Gasteiger partial charge < -0.3 is 15.0 Å². The number of rotatable bonds is 1. The molecule has 7 heteroatoms. The zero-order valence-corrected chi connectivity index (χ0v) is 9.12. The number of nitrogens with zero attached hydrogens (tertiary/aromatic N) is 1. The Morgan fingerprint density at radius 1 is 1.27 bits per heavy atom. The van der Waals surface area contributed by atoms with Crippen LogP contribution in [0.1, 0.15) is 0 Å². The molecule has 1 amide bonds. The number of hydrogen-bond donors (Lipinski definition) is 1. The summed E-state index contributed by atoms with van der Waals surface area (Å²) in [6, 6.07) is 0. The highest BCUT2D eigenvalue weighted by Gasteiger charge is 2.29. The molecular weight excluding hydrogens is 220 g/mol. The van der Waals surface area contributed by atoms with Crippen molar-refractivity contribution >= 4 is 15.9 Å². The Labute approximate surface area is 88.5 Å². The molecule has 0 aliphatic carbocycles. The van der Waals surface area contributed by atoms with E-state index in [0.29, 0.717) is 13.1 Å². The smallest absolute Gasteiger partial charge is 0.410 e. The molecule has 2 saturated heterocycles. The topological polar surface area (TPSA) is 75.7 Å². The van der Waals surface area contributed by atoms with Crippen molar-refractivity contribution in [2.75, 3.05) is 37.7 Å². The molecule has 0 aromatic carbocycles. The summed E-state index contributed by atoms with van der Waals surface area (Å²) in [6.07, 6.45) is -0.438. The fourth-order valence-corrected chi connectivity index (χ4v) is 2.66. The molecule has 2 aliphatic heterocycles. The largest absolute Gasteiger partial charge is 0.443 e. The molecule has 0 spiro atoms. The SMILES string of the molecule is O=C(OC1CNC1)N1CCS(=O)(=O)CC1. The first-order chi connectivity index (χ1) is 7.07. The minimum atomic E-state index is -2.93. The van der Waals surface area contributed by atoms with E-state index in [4.69, 9.17) is 4.74 Å². The first-order valence-electron chi connectivity index (χ1n) is 4.93. The highest BCUT2D eigenvalue weighted by atomic mass is 32.2. The highest BCUT2D eigenvalue weighted by molar-refractivity contribution is 7.91. The van der Waals surface area contributed by atoms with Gasteiger partial charge in [-0.2, -0.15) is 0 Å². The summed E-state index contributed by atoms with van der Waals surface area (Å²) in [4.78, 5) is 13.0. The molecule has 0 bridgehead atoms. The molecular formula is C8H14N2O4S. The predicted molar refractivity (Wildman–Crippen MR) is 53.4 cm³/mol. The van der Waals surface area contributed by atoms with E-state index in [9.17, 15) is 13.2 Å². The molecule has 86 valence electrons. The molecule has 1 N–H and O–H groups in total. The van der Waals surface area contributed by atoms with Gasteiger partial charge in [-0.1, -0.05) is 0 Å². The van der Waals surface area contributed by atoms with E-state index >= 15 is 0 Å². The Bertz CT molecular complexity index is 336. The van der Waals surface area contributed by atoms with E-state index in [1.807, 2.05) is 0 Å². The van der Waals surface area contributed by atoms with E-state index in [1.165, 1.54) is 4.90 Å². The second kappa shape index (κ2) is 3.97. The first-order valence-corrected chi connectivity index (χ1v) is 6.76. The lowest BCUT2D eigenvalue weighted by molar-refractivity contribution is 0.0408. The Balaban J connectivity index is 1.81. The van der Waals surface area contributed by atoms with Crippen LogP contribution in [0.2, 0.25) is 0 Å². The van der Waals surface area contributed by atoms with Crippen molar-refractivity contribution in [1.82, 2.24) is 10.2 Å². The van der Waals surface area contributed by atoms with Gasteiger partial charge in [-0.3, -0.25) is 0 Å². The molecule has 0 saturated carbocycles. The Hall–Kier alpha value is -0.820. The van der Waals surface area contributed by atoms with Gasteiger partial charge in [0.1, 0.15) is 6.10 Å². The molecule has 0 unspecified atom stereocenters. The second-order valence-corrected chi connectivity index (χ2v) is 6.11. The maximum atomic E-state index is 11.5. The maximum absolute atomic E-state index is 11.5. The Kier molecular flexibility index (Phi) is 2.83. The van der Waals surface area contributed by atoms with Crippen LogP contribution in [-0.4, -0.2) is 63.2 Å². The number of ether oxygens (including phenoxy) is 1. The quantitative estimate of drug-likeness (QED) is 0.618. The van der Waals surface area contributed by atoms with Crippen LogP contribution in [0, 0.1) is 0 Å². The van der Waals surface area contributed by atoms with Crippen LogP contribution in [0.25, 0.3) is 0 Å². The van der Waals surface area contributed by atoms with Crippen molar-refractivity contribution < 1.29 is 17.9 Å². The second-order valence-electron chi connectivity index (χ2n) is 3.80. The number of hydrogen-bond acceptors (Lipinski definition) is 5. The minimum Gasteiger partial charge on any atom is -0.443 e. The molecule has 2 aliphatic rings. The van der Waals surface area contributed by atoms with Crippen molar-refractivity contribution in [2.24, 2.45) is 0 Å². The lowest BCUT2D eigenvalue weighted by Gasteiger charge is -2.31. The summed E-state index contributed by atoms with van der Waals surface area (Å²) in [5.74, 6) is 0.0933. The molecule has 6 nitrogen and oxygen atoms in total. The van der Waals surface area contributed by atoms with Gasteiger partial charge in [0.25, 0.3) is 0 Å². The standard InChI is InChI=1S/C8H14N2O4S/c11-8(14-7-5-9-6-7)10-1-3-15(12,13)4-2-10/h7,9H,1-6H2. The van der Waals surface area contributed by atoms with Gasteiger partial charge in [0.2, 0.25) is 0 Å². The lowest BCUT2D eigenvalue weighted by atomic mass is 10.2. The molecule has 2 rings (SSSR count). The average molecular weight is 234 g/mol. The van der Waals surface area contributed by atoms with Crippen molar-refractivity contribution in [3.63, 3.8) is 0 Å². The number of sulfone groups is 1. The minimum absolute atomic E-state index is 0.0453. The van der Waals surface area contributed by atoms with Crippen LogP contribution in [0.5, 0.6) is 0 Å². The van der Waals surface area contributed by atoms with Crippen LogP contribution in [-0.2, 0) is 14.6 Å². The van der Waals surface area contributed by atoms with E-state index < -0.39 is 15.9 Å². The van der Waals surface area contributed by atoms with Crippen LogP contribution < -0.4 is 5.32 Å². The summed E-state index contributed by atoms with van der Waals surface area (Å²) in [5.41, 5.74) is 0. The van der Waals surface area contributed by atoms with Gasteiger partial charge in [0, 0.05) is 26.2 Å². The Morgan fingerprint density at radius 2 is 1.87 bits per heavy atom. The molecule has 0 aromatic rings. The summed E-state index contributed by atoms with van der Waals surface area (Å²) in [7, 11) is -2.93. The third kappa shape index (κ3) is 2.60. The third-order valence-corrected chi connectivity index (χ3v) is 4.22. The maximum Gasteiger partial charge on any atom is 0.410 e. The Morgan fingerprint density at radius 3 is 2.33 bits per heavy atom. The number of carbonyl (C=O) groups excluding carboxylic acids is 1. The normalized spacial score (nSPS) is 25.7. The van der Waals surface area contributed by atoms with Gasteiger partial charge in [-0.15, -0.1) is 0 Å². The van der Waals surface area contributed by atoms with Gasteiger partial charge >= 0.3 is 6.09 Å². The van der Waals surface area contributed by atoms with Crippen LogP contribution in [0.15, 0.2) is 0 Å². The van der Waals surface area contributed by atoms with E-state index in [1.54, 1.807) is 0 Å². The first kappa shape index (κ1) is 10.7. The third-order valence-electron chi connectivity index (χ3n) is 2.61. The molecule has 2 fully saturated rings. The van der Waals surface area contributed by atoms with Gasteiger partial charge in [0.05, 0.1) is 11.5 Å². The predicted octanol–water partition coefficient (Wildman–Crippen LogP) is -1.17. The fraction of sp³-hybridized carbons (Fsp3) is 0.875. The molecule has 0 aromatic heterocycles.